The van der Waals surface area contributed by atoms with Crippen LogP contribution in [0.3, 0.4) is 0 Å². The minimum Gasteiger partial charge on any atom is -0.493 e. The van der Waals surface area contributed by atoms with Crippen molar-refractivity contribution in [2.45, 2.75) is 26.4 Å². The number of ether oxygens (including phenoxy) is 3. The van der Waals surface area contributed by atoms with Gasteiger partial charge in [-0.25, -0.2) is 4.98 Å². The largest absolute Gasteiger partial charge is 0.493 e. The molecule has 1 aromatic heterocycles. The molecule has 0 saturated carbocycles. The molecular formula is C18H24N2O4S. The summed E-state index contributed by atoms with van der Waals surface area (Å²) in [4.78, 5) is 17.5. The molecule has 25 heavy (non-hydrogen) atoms. The number of carbonyl (C=O) groups excluding carboxylic acids is 1. The van der Waals surface area contributed by atoms with Gasteiger partial charge in [0.1, 0.15) is 5.01 Å². The third-order valence-corrected chi connectivity index (χ3v) is 4.84. The molecule has 0 spiro atoms. The zero-order chi connectivity index (χ0) is 18.2. The number of aromatic nitrogens is 1. The van der Waals surface area contributed by atoms with Crippen LogP contribution in [0.15, 0.2) is 18.2 Å². The molecule has 1 aromatic carbocycles. The van der Waals surface area contributed by atoms with Gasteiger partial charge in [0.25, 0.3) is 0 Å². The van der Waals surface area contributed by atoms with Gasteiger partial charge in [-0.3, -0.25) is 4.79 Å². The summed E-state index contributed by atoms with van der Waals surface area (Å²) < 4.78 is 15.6. The van der Waals surface area contributed by atoms with Gasteiger partial charge in [-0.2, -0.15) is 0 Å². The van der Waals surface area contributed by atoms with Crippen LogP contribution in [0.1, 0.15) is 21.1 Å². The quantitative estimate of drug-likeness (QED) is 0.740. The molecule has 0 aliphatic rings. The second-order valence-electron chi connectivity index (χ2n) is 5.52. The van der Waals surface area contributed by atoms with Crippen LogP contribution >= 0.6 is 11.3 Å². The van der Waals surface area contributed by atoms with E-state index < -0.39 is 0 Å². The first kappa shape index (κ1) is 19.2. The summed E-state index contributed by atoms with van der Waals surface area (Å²) in [6.07, 6.45) is 1.07. The van der Waals surface area contributed by atoms with E-state index in [1.807, 2.05) is 25.1 Å². The third-order valence-electron chi connectivity index (χ3n) is 3.71. The van der Waals surface area contributed by atoms with Crippen LogP contribution in [0, 0.1) is 6.92 Å². The van der Waals surface area contributed by atoms with Gasteiger partial charge in [-0.05, 0) is 31.0 Å². The molecule has 6 nitrogen and oxygen atoms in total. The second kappa shape index (κ2) is 9.39. The highest BCUT2D eigenvalue weighted by Gasteiger charge is 2.12. The number of carbonyl (C=O) groups is 1. The number of benzene rings is 1. The minimum absolute atomic E-state index is 0.00352. The lowest BCUT2D eigenvalue weighted by molar-refractivity contribution is -0.120. The van der Waals surface area contributed by atoms with Crippen molar-refractivity contribution in [1.29, 1.82) is 0 Å². The molecule has 0 fully saturated rings. The zero-order valence-corrected chi connectivity index (χ0v) is 15.9. The van der Waals surface area contributed by atoms with Gasteiger partial charge in [0.05, 0.1) is 32.9 Å². The number of aryl methyl sites for hydroxylation is 1. The van der Waals surface area contributed by atoms with Crippen LogP contribution < -0.4 is 14.8 Å². The van der Waals surface area contributed by atoms with Gasteiger partial charge >= 0.3 is 0 Å². The summed E-state index contributed by atoms with van der Waals surface area (Å²) in [6, 6.07) is 5.77. The van der Waals surface area contributed by atoms with Crippen LogP contribution in [0.2, 0.25) is 0 Å². The molecule has 1 N–H and O–H groups in total. The molecule has 0 unspecified atom stereocenters. The molecule has 136 valence electrons. The highest BCUT2D eigenvalue weighted by Crippen LogP contribution is 2.27. The fourth-order valence-corrected chi connectivity index (χ4v) is 3.47. The van der Waals surface area contributed by atoms with Crippen molar-refractivity contribution in [2.75, 3.05) is 27.9 Å². The molecule has 0 atom stereocenters. The van der Waals surface area contributed by atoms with E-state index in [0.29, 0.717) is 31.1 Å². The Balaban J connectivity index is 1.84. The Morgan fingerprint density at radius 1 is 1.20 bits per heavy atom. The van der Waals surface area contributed by atoms with Crippen LogP contribution in [-0.4, -0.2) is 38.8 Å². The number of hydrogen-bond donors (Lipinski definition) is 1. The lowest BCUT2D eigenvalue weighted by atomic mass is 10.1. The van der Waals surface area contributed by atoms with E-state index in [-0.39, 0.29) is 5.91 Å². The molecule has 0 saturated heterocycles. The molecule has 0 bridgehead atoms. The Labute approximate surface area is 152 Å². The fraction of sp³-hybridized carbons (Fsp3) is 0.444. The van der Waals surface area contributed by atoms with Crippen molar-refractivity contribution in [2.24, 2.45) is 0 Å². The Morgan fingerprint density at radius 3 is 2.64 bits per heavy atom. The van der Waals surface area contributed by atoms with Crippen molar-refractivity contribution < 1.29 is 19.0 Å². The van der Waals surface area contributed by atoms with Gasteiger partial charge < -0.3 is 19.5 Å². The molecule has 0 aliphatic carbocycles. The van der Waals surface area contributed by atoms with Crippen molar-refractivity contribution in [3.8, 4) is 11.5 Å². The van der Waals surface area contributed by atoms with Crippen LogP contribution in [0.5, 0.6) is 11.5 Å². The number of thiazole rings is 1. The standard InChI is InChI=1S/C18H24N2O4S/c1-12-16(25-18(20-12)11-22-2)10-17(21)19-8-7-13-5-6-14(23-3)15(9-13)24-4/h5-6,9H,7-8,10-11H2,1-4H3,(H,19,21). The summed E-state index contributed by atoms with van der Waals surface area (Å²) in [7, 11) is 4.85. The molecule has 7 heteroatoms. The van der Waals surface area contributed by atoms with Crippen LogP contribution in [0.25, 0.3) is 0 Å². The first-order valence-electron chi connectivity index (χ1n) is 7.99. The maximum atomic E-state index is 12.1. The summed E-state index contributed by atoms with van der Waals surface area (Å²) in [5.41, 5.74) is 1.97. The third kappa shape index (κ3) is 5.44. The topological polar surface area (TPSA) is 69.7 Å². The highest BCUT2D eigenvalue weighted by atomic mass is 32.1. The van der Waals surface area contributed by atoms with Gasteiger partial charge in [-0.15, -0.1) is 11.3 Å². The zero-order valence-electron chi connectivity index (χ0n) is 15.0. The average Bonchev–Trinajstić information content (AvgIpc) is 2.94. The second-order valence-corrected chi connectivity index (χ2v) is 6.68. The first-order valence-corrected chi connectivity index (χ1v) is 8.80. The number of rotatable bonds is 9. The van der Waals surface area contributed by atoms with E-state index in [9.17, 15) is 4.79 Å². The molecule has 2 rings (SSSR count). The number of methoxy groups -OCH3 is 3. The number of nitrogens with one attached hydrogen (secondary N) is 1. The maximum absolute atomic E-state index is 12.1. The Morgan fingerprint density at radius 2 is 1.96 bits per heavy atom. The average molecular weight is 364 g/mol. The highest BCUT2D eigenvalue weighted by molar-refractivity contribution is 7.11. The lowest BCUT2D eigenvalue weighted by Crippen LogP contribution is -2.27. The first-order chi connectivity index (χ1) is 12.1. The monoisotopic (exact) mass is 364 g/mol. The van der Waals surface area contributed by atoms with Crippen LogP contribution in [-0.2, 0) is 29.0 Å². The predicted octanol–water partition coefficient (Wildman–Crippen LogP) is 2.52. The van der Waals surface area contributed by atoms with E-state index in [1.165, 1.54) is 11.3 Å². The SMILES string of the molecule is COCc1nc(C)c(CC(=O)NCCc2ccc(OC)c(OC)c2)s1. The molecular weight excluding hydrogens is 340 g/mol. The Bertz CT molecular complexity index is 715. The lowest BCUT2D eigenvalue weighted by Gasteiger charge is -2.10. The maximum Gasteiger partial charge on any atom is 0.225 e. The van der Waals surface area contributed by atoms with Crippen molar-refractivity contribution in [3.05, 3.63) is 39.3 Å². The van der Waals surface area contributed by atoms with Gasteiger partial charge in [0.15, 0.2) is 11.5 Å². The summed E-state index contributed by atoms with van der Waals surface area (Å²) in [6.45, 7) is 2.96. The Hall–Kier alpha value is -2.12. The number of nitrogens with zero attached hydrogens (tertiary/aromatic N) is 1. The van der Waals surface area contributed by atoms with E-state index in [1.54, 1.807) is 21.3 Å². The number of hydrogen-bond acceptors (Lipinski definition) is 6. The minimum atomic E-state index is -0.00352. The summed E-state index contributed by atoms with van der Waals surface area (Å²) >= 11 is 1.52. The van der Waals surface area contributed by atoms with Gasteiger partial charge in [0.2, 0.25) is 5.91 Å². The molecule has 1 amide bonds. The van der Waals surface area contributed by atoms with Crippen LogP contribution in [0.4, 0.5) is 0 Å². The molecule has 0 radical (unpaired) electrons. The molecule has 1 heterocycles. The molecule has 0 aliphatic heterocycles. The molecule has 2 aromatic rings. The summed E-state index contributed by atoms with van der Waals surface area (Å²) in [5, 5.41) is 3.85. The van der Waals surface area contributed by atoms with E-state index in [2.05, 4.69) is 10.3 Å². The summed E-state index contributed by atoms with van der Waals surface area (Å²) in [5.74, 6) is 1.39. The van der Waals surface area contributed by atoms with Gasteiger partial charge in [-0.1, -0.05) is 6.07 Å². The van der Waals surface area contributed by atoms with Crippen molar-refractivity contribution >= 4 is 17.2 Å². The smallest absolute Gasteiger partial charge is 0.225 e. The van der Waals surface area contributed by atoms with E-state index >= 15 is 0 Å². The van der Waals surface area contributed by atoms with Crippen molar-refractivity contribution in [3.63, 3.8) is 0 Å². The van der Waals surface area contributed by atoms with Gasteiger partial charge in [0, 0.05) is 18.5 Å². The predicted molar refractivity (Wildman–Crippen MR) is 97.5 cm³/mol. The fourth-order valence-electron chi connectivity index (χ4n) is 2.43. The Kier molecular flexibility index (Phi) is 7.21. The normalized spacial score (nSPS) is 10.6. The van der Waals surface area contributed by atoms with E-state index in [4.69, 9.17) is 14.2 Å². The van der Waals surface area contributed by atoms with Crippen molar-refractivity contribution in [1.82, 2.24) is 10.3 Å². The van der Waals surface area contributed by atoms with E-state index in [0.717, 1.165) is 27.6 Å². The number of amides is 1.